The lowest BCUT2D eigenvalue weighted by Crippen LogP contribution is -2.54. The number of benzene rings is 1. The number of fused-ring (bicyclic) bond motifs is 1. The number of imide groups is 1. The Labute approximate surface area is 209 Å². The number of pyridine rings is 1. The third kappa shape index (κ3) is 4.10. The quantitative estimate of drug-likeness (QED) is 0.543. The van der Waals surface area contributed by atoms with Gasteiger partial charge in [0.2, 0.25) is 0 Å². The number of nitrogens with zero attached hydrogens (tertiary/aromatic N) is 3. The minimum atomic E-state index is -0.948. The van der Waals surface area contributed by atoms with Gasteiger partial charge in [0.1, 0.15) is 5.54 Å². The highest BCUT2D eigenvalue weighted by Crippen LogP contribution is 2.35. The van der Waals surface area contributed by atoms with E-state index in [0.717, 1.165) is 33.3 Å². The summed E-state index contributed by atoms with van der Waals surface area (Å²) in [4.78, 5) is 47.4. The van der Waals surface area contributed by atoms with Gasteiger partial charge in [-0.2, -0.15) is 11.3 Å². The van der Waals surface area contributed by atoms with Gasteiger partial charge in [-0.25, -0.2) is 4.79 Å². The van der Waals surface area contributed by atoms with Crippen molar-refractivity contribution in [1.82, 2.24) is 20.1 Å². The van der Waals surface area contributed by atoms with Gasteiger partial charge < -0.3 is 10.2 Å². The van der Waals surface area contributed by atoms with Crippen LogP contribution in [0.4, 0.5) is 4.79 Å². The van der Waals surface area contributed by atoms with Crippen molar-refractivity contribution in [3.05, 3.63) is 63.0 Å². The van der Waals surface area contributed by atoms with E-state index in [2.05, 4.69) is 16.4 Å². The number of hydrogen-bond acceptors (Lipinski definition) is 5. The van der Waals surface area contributed by atoms with E-state index >= 15 is 0 Å². The summed E-state index contributed by atoms with van der Waals surface area (Å²) in [6.45, 7) is 9.17. The Morgan fingerprint density at radius 2 is 1.91 bits per heavy atom. The molecule has 2 aliphatic rings. The smallest absolute Gasteiger partial charge is 0.325 e. The van der Waals surface area contributed by atoms with Gasteiger partial charge in [0.05, 0.1) is 17.6 Å². The van der Waals surface area contributed by atoms with Crippen LogP contribution in [0.1, 0.15) is 52.5 Å². The maximum atomic E-state index is 13.6. The third-order valence-electron chi connectivity index (χ3n) is 7.43. The van der Waals surface area contributed by atoms with Crippen molar-refractivity contribution < 1.29 is 14.4 Å². The standard InChI is InChI=1S/C27H30N4O3S/c1-16-11-17(2)23-21(13-18(3)28-22(23)12-16)24(32)30-8-5-20(6-9-30)27(4)25(33)31(26(34)29-27)14-19-7-10-35-15-19/h7,10-13,15,20H,5-6,8-9,14H2,1-4H3,(H,29,34). The summed E-state index contributed by atoms with van der Waals surface area (Å²) in [6, 6.07) is 7.57. The number of aromatic nitrogens is 1. The molecule has 2 aromatic heterocycles. The highest BCUT2D eigenvalue weighted by atomic mass is 32.1. The molecule has 0 bridgehead atoms. The summed E-state index contributed by atoms with van der Waals surface area (Å²) < 4.78 is 0. The summed E-state index contributed by atoms with van der Waals surface area (Å²) in [5.41, 5.74) is 4.52. The van der Waals surface area contributed by atoms with Gasteiger partial charge in [-0.3, -0.25) is 19.5 Å². The van der Waals surface area contributed by atoms with Crippen LogP contribution in [0.2, 0.25) is 0 Å². The molecule has 3 aromatic rings. The first-order chi connectivity index (χ1) is 16.7. The van der Waals surface area contributed by atoms with Crippen LogP contribution in [-0.2, 0) is 11.3 Å². The van der Waals surface area contributed by atoms with Gasteiger partial charge >= 0.3 is 6.03 Å². The molecule has 1 aromatic carbocycles. The van der Waals surface area contributed by atoms with Crippen molar-refractivity contribution in [2.24, 2.45) is 5.92 Å². The molecule has 0 radical (unpaired) electrons. The monoisotopic (exact) mass is 490 g/mol. The van der Waals surface area contributed by atoms with E-state index in [1.54, 1.807) is 11.3 Å². The van der Waals surface area contributed by atoms with Gasteiger partial charge in [0.15, 0.2) is 0 Å². The zero-order valence-corrected chi connectivity index (χ0v) is 21.4. The minimum absolute atomic E-state index is 0.00285. The lowest BCUT2D eigenvalue weighted by Gasteiger charge is -2.39. The number of carbonyl (C=O) groups is 3. The molecule has 8 heteroatoms. The number of likely N-dealkylation sites (tertiary alicyclic amines) is 1. The van der Waals surface area contributed by atoms with Gasteiger partial charge in [-0.05, 0) is 92.1 Å². The number of amides is 4. The van der Waals surface area contributed by atoms with Gasteiger partial charge in [-0.1, -0.05) is 6.07 Å². The van der Waals surface area contributed by atoms with E-state index < -0.39 is 5.54 Å². The molecule has 182 valence electrons. The zero-order chi connectivity index (χ0) is 24.9. The Morgan fingerprint density at radius 3 is 2.60 bits per heavy atom. The largest absolute Gasteiger partial charge is 0.339 e. The van der Waals surface area contributed by atoms with E-state index in [1.165, 1.54) is 4.90 Å². The molecule has 4 heterocycles. The Kier molecular flexibility index (Phi) is 5.87. The Balaban J connectivity index is 1.32. The van der Waals surface area contributed by atoms with Crippen molar-refractivity contribution in [3.63, 3.8) is 0 Å². The van der Waals surface area contributed by atoms with E-state index in [9.17, 15) is 14.4 Å². The van der Waals surface area contributed by atoms with Crippen molar-refractivity contribution in [1.29, 1.82) is 0 Å². The third-order valence-corrected chi connectivity index (χ3v) is 8.16. The fraction of sp³-hybridized carbons (Fsp3) is 0.407. The number of rotatable bonds is 4. The van der Waals surface area contributed by atoms with Gasteiger partial charge in [0, 0.05) is 24.2 Å². The number of piperidine rings is 1. The molecule has 1 N–H and O–H groups in total. The maximum absolute atomic E-state index is 13.6. The minimum Gasteiger partial charge on any atom is -0.339 e. The van der Waals surface area contributed by atoms with Crippen LogP contribution >= 0.6 is 11.3 Å². The van der Waals surface area contributed by atoms with E-state index in [0.29, 0.717) is 31.5 Å². The lowest BCUT2D eigenvalue weighted by atomic mass is 9.78. The second kappa shape index (κ2) is 8.75. The lowest BCUT2D eigenvalue weighted by molar-refractivity contribution is -0.133. The first kappa shape index (κ1) is 23.5. The van der Waals surface area contributed by atoms with Crippen LogP contribution in [0.15, 0.2) is 35.0 Å². The number of nitrogens with one attached hydrogen (secondary N) is 1. The van der Waals surface area contributed by atoms with Crippen molar-refractivity contribution >= 4 is 40.1 Å². The first-order valence-corrected chi connectivity index (χ1v) is 12.9. The summed E-state index contributed by atoms with van der Waals surface area (Å²) in [5.74, 6) is -0.215. The van der Waals surface area contributed by atoms with Crippen LogP contribution in [0.5, 0.6) is 0 Å². The SMILES string of the molecule is Cc1cc(C)c2c(C(=O)N3CCC(C4(C)NC(=O)N(Cc5ccsc5)C4=O)CC3)cc(C)nc2c1. The highest BCUT2D eigenvalue weighted by molar-refractivity contribution is 7.07. The van der Waals surface area contributed by atoms with Gasteiger partial charge in [0.25, 0.3) is 11.8 Å². The second-order valence-electron chi connectivity index (χ2n) is 10.0. The maximum Gasteiger partial charge on any atom is 0.325 e. The summed E-state index contributed by atoms with van der Waals surface area (Å²) in [5, 5.41) is 7.76. The van der Waals surface area contributed by atoms with Gasteiger partial charge in [-0.15, -0.1) is 0 Å². The Hall–Kier alpha value is -3.26. The van der Waals surface area contributed by atoms with Crippen molar-refractivity contribution in [3.8, 4) is 0 Å². The second-order valence-corrected chi connectivity index (χ2v) is 10.8. The van der Waals surface area contributed by atoms with Crippen molar-refractivity contribution in [2.75, 3.05) is 13.1 Å². The zero-order valence-electron chi connectivity index (χ0n) is 20.6. The number of thiophene rings is 1. The molecule has 2 aliphatic heterocycles. The molecule has 0 aliphatic carbocycles. The summed E-state index contributed by atoms with van der Waals surface area (Å²) in [6.07, 6.45) is 1.31. The van der Waals surface area contributed by atoms with Crippen LogP contribution in [0.3, 0.4) is 0 Å². The average molecular weight is 491 g/mol. The van der Waals surface area contributed by atoms with E-state index in [-0.39, 0.29) is 30.3 Å². The molecule has 4 amide bonds. The predicted octanol–water partition coefficient (Wildman–Crippen LogP) is 4.58. The molecular weight excluding hydrogens is 460 g/mol. The van der Waals surface area contributed by atoms with Crippen LogP contribution in [-0.4, -0.2) is 51.3 Å². The Bertz CT molecular complexity index is 1320. The molecule has 2 fully saturated rings. The number of carbonyl (C=O) groups excluding carboxylic acids is 3. The van der Waals surface area contributed by atoms with Crippen LogP contribution in [0.25, 0.3) is 10.9 Å². The highest BCUT2D eigenvalue weighted by Gasteiger charge is 2.52. The normalized spacial score (nSPS) is 21.1. The number of urea groups is 1. The molecule has 0 saturated carbocycles. The fourth-order valence-electron chi connectivity index (χ4n) is 5.59. The molecule has 0 spiro atoms. The number of hydrogen-bond donors (Lipinski definition) is 1. The van der Waals surface area contributed by atoms with E-state index in [4.69, 9.17) is 0 Å². The molecule has 1 atom stereocenters. The number of aryl methyl sites for hydroxylation is 3. The Morgan fingerprint density at radius 1 is 1.17 bits per heavy atom. The van der Waals surface area contributed by atoms with E-state index in [1.807, 2.05) is 61.6 Å². The molecule has 5 rings (SSSR count). The first-order valence-electron chi connectivity index (χ1n) is 12.0. The predicted molar refractivity (Wildman–Crippen MR) is 136 cm³/mol. The molecule has 2 saturated heterocycles. The molecule has 1 unspecified atom stereocenters. The van der Waals surface area contributed by atoms with Crippen LogP contribution < -0.4 is 5.32 Å². The fourth-order valence-corrected chi connectivity index (χ4v) is 6.25. The summed E-state index contributed by atoms with van der Waals surface area (Å²) >= 11 is 1.55. The average Bonchev–Trinajstić information content (AvgIpc) is 3.40. The van der Waals surface area contributed by atoms with Crippen molar-refractivity contribution in [2.45, 2.75) is 52.6 Å². The topological polar surface area (TPSA) is 82.6 Å². The molecule has 35 heavy (non-hydrogen) atoms. The molecule has 7 nitrogen and oxygen atoms in total. The molecular formula is C27H30N4O3S. The summed E-state index contributed by atoms with van der Waals surface area (Å²) in [7, 11) is 0. The van der Waals surface area contributed by atoms with Crippen LogP contribution in [0, 0.1) is 26.7 Å².